The molecule has 2 amide bonds. The van der Waals surface area contributed by atoms with Gasteiger partial charge in [0.15, 0.2) is 0 Å². The Balaban J connectivity index is 2.32. The van der Waals surface area contributed by atoms with E-state index in [2.05, 4.69) is 11.9 Å². The van der Waals surface area contributed by atoms with E-state index in [1.807, 2.05) is 4.90 Å². The van der Waals surface area contributed by atoms with E-state index in [-0.39, 0.29) is 11.8 Å². The average molecular weight is 271 g/mol. The fourth-order valence-corrected chi connectivity index (χ4v) is 2.07. The summed E-state index contributed by atoms with van der Waals surface area (Å²) >= 11 is 0. The SMILES string of the molecule is COCCN(CCC(=O)N1CCN(C)CC1)C(C)=O. The summed E-state index contributed by atoms with van der Waals surface area (Å²) in [6.45, 7) is 6.46. The molecule has 1 rings (SSSR count). The fourth-order valence-electron chi connectivity index (χ4n) is 2.07. The largest absolute Gasteiger partial charge is 0.383 e. The highest BCUT2D eigenvalue weighted by Gasteiger charge is 2.19. The summed E-state index contributed by atoms with van der Waals surface area (Å²) < 4.78 is 4.96. The first kappa shape index (κ1) is 15.9. The van der Waals surface area contributed by atoms with Crippen LogP contribution in [0.25, 0.3) is 0 Å². The van der Waals surface area contributed by atoms with Gasteiger partial charge in [-0.15, -0.1) is 0 Å². The summed E-state index contributed by atoms with van der Waals surface area (Å²) in [5.41, 5.74) is 0. The lowest BCUT2D eigenvalue weighted by molar-refractivity contribution is -0.134. The number of amides is 2. The van der Waals surface area contributed by atoms with Crippen LogP contribution in [-0.4, -0.2) is 86.5 Å². The van der Waals surface area contributed by atoms with E-state index < -0.39 is 0 Å². The Bertz CT molecular complexity index is 302. The third kappa shape index (κ3) is 5.57. The lowest BCUT2D eigenvalue weighted by atomic mass is 10.2. The summed E-state index contributed by atoms with van der Waals surface area (Å²) in [4.78, 5) is 29.2. The number of hydrogen-bond acceptors (Lipinski definition) is 4. The van der Waals surface area contributed by atoms with Crippen LogP contribution in [0.5, 0.6) is 0 Å². The second kappa shape index (κ2) is 8.12. The number of carbonyl (C=O) groups excluding carboxylic acids is 2. The Morgan fingerprint density at radius 2 is 1.79 bits per heavy atom. The minimum atomic E-state index is -0.0109. The van der Waals surface area contributed by atoms with Gasteiger partial charge in [0.1, 0.15) is 0 Å². The van der Waals surface area contributed by atoms with Crippen LogP contribution in [0.4, 0.5) is 0 Å². The van der Waals surface area contributed by atoms with Crippen molar-refractivity contribution >= 4 is 11.8 Å². The summed E-state index contributed by atoms with van der Waals surface area (Å²) in [5.74, 6) is 0.125. The third-order valence-corrected chi connectivity index (χ3v) is 3.46. The van der Waals surface area contributed by atoms with Gasteiger partial charge in [-0.1, -0.05) is 0 Å². The minimum Gasteiger partial charge on any atom is -0.383 e. The molecule has 1 fully saturated rings. The predicted molar refractivity (Wildman–Crippen MR) is 72.8 cm³/mol. The monoisotopic (exact) mass is 271 g/mol. The normalized spacial score (nSPS) is 16.5. The summed E-state index contributed by atoms with van der Waals surface area (Å²) in [7, 11) is 3.66. The first-order valence-electron chi connectivity index (χ1n) is 6.75. The number of piperazine rings is 1. The molecule has 0 saturated carbocycles. The molecular formula is C13H25N3O3. The quantitative estimate of drug-likeness (QED) is 0.662. The average Bonchev–Trinajstić information content (AvgIpc) is 2.39. The molecule has 1 heterocycles. The van der Waals surface area contributed by atoms with Crippen LogP contribution in [0, 0.1) is 0 Å². The highest BCUT2D eigenvalue weighted by molar-refractivity contribution is 5.78. The molecule has 0 aromatic heterocycles. The smallest absolute Gasteiger partial charge is 0.224 e. The molecule has 0 atom stereocenters. The number of nitrogens with zero attached hydrogens (tertiary/aromatic N) is 3. The van der Waals surface area contributed by atoms with Crippen molar-refractivity contribution in [2.24, 2.45) is 0 Å². The summed E-state index contributed by atoms with van der Waals surface area (Å²) in [6.07, 6.45) is 0.396. The maximum Gasteiger partial charge on any atom is 0.224 e. The zero-order chi connectivity index (χ0) is 14.3. The van der Waals surface area contributed by atoms with Gasteiger partial charge in [0.2, 0.25) is 11.8 Å². The molecule has 110 valence electrons. The van der Waals surface area contributed by atoms with Crippen LogP contribution in [0.1, 0.15) is 13.3 Å². The Hall–Kier alpha value is -1.14. The molecule has 0 aliphatic carbocycles. The highest BCUT2D eigenvalue weighted by atomic mass is 16.5. The van der Waals surface area contributed by atoms with E-state index >= 15 is 0 Å². The van der Waals surface area contributed by atoms with Gasteiger partial charge >= 0.3 is 0 Å². The topological polar surface area (TPSA) is 53.1 Å². The Morgan fingerprint density at radius 1 is 1.16 bits per heavy atom. The van der Waals surface area contributed by atoms with Gasteiger partial charge in [-0.2, -0.15) is 0 Å². The van der Waals surface area contributed by atoms with E-state index in [0.29, 0.717) is 26.1 Å². The summed E-state index contributed by atoms with van der Waals surface area (Å²) in [5, 5.41) is 0. The van der Waals surface area contributed by atoms with Crippen molar-refractivity contribution in [2.75, 3.05) is 60.0 Å². The summed E-state index contributed by atoms with van der Waals surface area (Å²) in [6, 6.07) is 0. The molecule has 6 nitrogen and oxygen atoms in total. The van der Waals surface area contributed by atoms with Crippen LogP contribution in [0.2, 0.25) is 0 Å². The molecule has 0 N–H and O–H groups in total. The predicted octanol–water partition coefficient (Wildman–Crippen LogP) is -0.355. The molecule has 0 radical (unpaired) electrons. The van der Waals surface area contributed by atoms with Crippen molar-refractivity contribution in [1.82, 2.24) is 14.7 Å². The number of likely N-dealkylation sites (N-methyl/N-ethyl adjacent to an activating group) is 1. The zero-order valence-electron chi connectivity index (χ0n) is 12.2. The first-order chi connectivity index (χ1) is 9.04. The van der Waals surface area contributed by atoms with E-state index in [9.17, 15) is 9.59 Å². The van der Waals surface area contributed by atoms with Crippen LogP contribution in [0.3, 0.4) is 0 Å². The molecule has 0 unspecified atom stereocenters. The number of rotatable bonds is 6. The van der Waals surface area contributed by atoms with Crippen LogP contribution in [-0.2, 0) is 14.3 Å². The van der Waals surface area contributed by atoms with Crippen molar-refractivity contribution in [3.8, 4) is 0 Å². The van der Waals surface area contributed by atoms with Gasteiger partial charge in [0.25, 0.3) is 0 Å². The lowest BCUT2D eigenvalue weighted by Gasteiger charge is -2.33. The van der Waals surface area contributed by atoms with E-state index in [4.69, 9.17) is 4.74 Å². The second-order valence-electron chi connectivity index (χ2n) is 4.93. The van der Waals surface area contributed by atoms with Crippen molar-refractivity contribution in [1.29, 1.82) is 0 Å². The molecule has 6 heteroatoms. The number of methoxy groups -OCH3 is 1. The molecular weight excluding hydrogens is 246 g/mol. The van der Waals surface area contributed by atoms with Crippen molar-refractivity contribution in [3.05, 3.63) is 0 Å². The maximum atomic E-state index is 12.0. The second-order valence-corrected chi connectivity index (χ2v) is 4.93. The number of ether oxygens (including phenoxy) is 1. The fraction of sp³-hybridized carbons (Fsp3) is 0.846. The van der Waals surface area contributed by atoms with Gasteiger partial charge in [-0.3, -0.25) is 9.59 Å². The van der Waals surface area contributed by atoms with Gasteiger partial charge in [0.05, 0.1) is 6.61 Å². The van der Waals surface area contributed by atoms with E-state index in [0.717, 1.165) is 26.2 Å². The lowest BCUT2D eigenvalue weighted by Crippen LogP contribution is -2.48. The standard InChI is InChI=1S/C13H25N3O3/c1-12(17)15(10-11-19-3)5-4-13(18)16-8-6-14(2)7-9-16/h4-11H2,1-3H3. The van der Waals surface area contributed by atoms with Gasteiger partial charge in [-0.25, -0.2) is 0 Å². The van der Waals surface area contributed by atoms with Crippen molar-refractivity contribution in [3.63, 3.8) is 0 Å². The molecule has 0 spiro atoms. The van der Waals surface area contributed by atoms with Gasteiger partial charge in [-0.05, 0) is 7.05 Å². The highest BCUT2D eigenvalue weighted by Crippen LogP contribution is 2.03. The first-order valence-corrected chi connectivity index (χ1v) is 6.75. The Kier molecular flexibility index (Phi) is 6.80. The van der Waals surface area contributed by atoms with E-state index in [1.165, 1.54) is 6.92 Å². The Morgan fingerprint density at radius 3 is 2.32 bits per heavy atom. The van der Waals surface area contributed by atoms with Crippen molar-refractivity contribution < 1.29 is 14.3 Å². The van der Waals surface area contributed by atoms with Gasteiger partial charge < -0.3 is 19.4 Å². The van der Waals surface area contributed by atoms with Gasteiger partial charge in [0, 0.05) is 59.7 Å². The molecule has 1 saturated heterocycles. The maximum absolute atomic E-state index is 12.0. The minimum absolute atomic E-state index is 0.0109. The molecule has 0 bridgehead atoms. The molecule has 1 aliphatic heterocycles. The van der Waals surface area contributed by atoms with Crippen LogP contribution in [0.15, 0.2) is 0 Å². The van der Waals surface area contributed by atoms with E-state index in [1.54, 1.807) is 12.0 Å². The zero-order valence-corrected chi connectivity index (χ0v) is 12.2. The van der Waals surface area contributed by atoms with Crippen LogP contribution < -0.4 is 0 Å². The molecule has 19 heavy (non-hydrogen) atoms. The van der Waals surface area contributed by atoms with Crippen molar-refractivity contribution in [2.45, 2.75) is 13.3 Å². The third-order valence-electron chi connectivity index (χ3n) is 3.46. The van der Waals surface area contributed by atoms with Crippen LogP contribution >= 0.6 is 0 Å². The molecule has 0 aromatic carbocycles. The molecule has 1 aliphatic rings. The number of carbonyl (C=O) groups is 2. The molecule has 0 aromatic rings. The Labute approximate surface area is 115 Å². The number of hydrogen-bond donors (Lipinski definition) is 0.